The van der Waals surface area contributed by atoms with Crippen molar-refractivity contribution in [3.63, 3.8) is 0 Å². The number of imidazole rings is 1. The summed E-state index contributed by atoms with van der Waals surface area (Å²) in [6, 6.07) is 18.3. The highest BCUT2D eigenvalue weighted by Crippen LogP contribution is 2.20. The number of nitrogens with zero attached hydrogens (tertiary/aromatic N) is 3. The fraction of sp³-hybridized carbons (Fsp3) is 0.150. The van der Waals surface area contributed by atoms with E-state index in [1.807, 2.05) is 24.4 Å². The first-order valence-electron chi connectivity index (χ1n) is 8.48. The summed E-state index contributed by atoms with van der Waals surface area (Å²) in [4.78, 5) is 11.5. The van der Waals surface area contributed by atoms with Crippen LogP contribution in [0.1, 0.15) is 29.0 Å². The Labute approximate surface area is 151 Å². The van der Waals surface area contributed by atoms with Gasteiger partial charge >= 0.3 is 0 Å². The first kappa shape index (κ1) is 16.2. The average molecular weight is 345 g/mol. The van der Waals surface area contributed by atoms with E-state index in [0.29, 0.717) is 24.6 Å². The zero-order valence-corrected chi connectivity index (χ0v) is 14.2. The number of rotatable bonds is 6. The van der Waals surface area contributed by atoms with Gasteiger partial charge < -0.3 is 15.2 Å². The van der Waals surface area contributed by atoms with Gasteiger partial charge in [0.25, 0.3) is 0 Å². The summed E-state index contributed by atoms with van der Waals surface area (Å²) in [5.74, 6) is 1.06. The van der Waals surface area contributed by atoms with Gasteiger partial charge in [-0.15, -0.1) is 0 Å². The maximum absolute atomic E-state index is 6.13. The molecule has 3 N–H and O–H groups in total. The van der Waals surface area contributed by atoms with E-state index in [1.54, 1.807) is 6.33 Å². The Kier molecular flexibility index (Phi) is 4.57. The molecule has 0 radical (unpaired) electrons. The Morgan fingerprint density at radius 2 is 1.77 bits per heavy atom. The van der Waals surface area contributed by atoms with Crippen LogP contribution in [0.3, 0.4) is 0 Å². The number of nitrogens with two attached hydrogens (primary N) is 1. The smallest absolute Gasteiger partial charge is 0.243 e. The molecule has 1 atom stereocenters. The highest BCUT2D eigenvalue weighted by molar-refractivity contribution is 5.63. The van der Waals surface area contributed by atoms with E-state index in [9.17, 15) is 0 Å². The van der Waals surface area contributed by atoms with Crippen LogP contribution in [-0.2, 0) is 12.8 Å². The number of H-pyrrole nitrogens is 1. The van der Waals surface area contributed by atoms with E-state index in [4.69, 9.17) is 10.3 Å². The predicted molar refractivity (Wildman–Crippen MR) is 98.2 cm³/mol. The lowest BCUT2D eigenvalue weighted by molar-refractivity contribution is 0.350. The summed E-state index contributed by atoms with van der Waals surface area (Å²) in [6.07, 6.45) is 4.59. The molecule has 0 saturated heterocycles. The maximum Gasteiger partial charge on any atom is 0.243 e. The normalized spacial score (nSPS) is 12.2. The SMILES string of the molecule is N[C@@H](Cc1c[nH]cn1)c1nc(Cc2ccc(-c3ccccc3)cc2)no1. The van der Waals surface area contributed by atoms with Gasteiger partial charge in [0.05, 0.1) is 18.1 Å². The molecule has 2 aromatic heterocycles. The molecule has 0 aliphatic heterocycles. The Morgan fingerprint density at radius 3 is 2.50 bits per heavy atom. The maximum atomic E-state index is 6.13. The third-order valence-corrected chi connectivity index (χ3v) is 4.21. The second-order valence-corrected chi connectivity index (χ2v) is 6.16. The fourth-order valence-electron chi connectivity index (χ4n) is 2.83. The van der Waals surface area contributed by atoms with Crippen LogP contribution in [0, 0.1) is 0 Å². The number of benzene rings is 2. The van der Waals surface area contributed by atoms with Crippen molar-refractivity contribution in [2.75, 3.05) is 0 Å². The van der Waals surface area contributed by atoms with Gasteiger partial charge in [0, 0.05) is 19.0 Å². The van der Waals surface area contributed by atoms with Gasteiger partial charge in [-0.3, -0.25) is 0 Å². The van der Waals surface area contributed by atoms with E-state index in [0.717, 1.165) is 11.3 Å². The van der Waals surface area contributed by atoms with Crippen LogP contribution in [0.15, 0.2) is 71.6 Å². The van der Waals surface area contributed by atoms with E-state index < -0.39 is 0 Å². The van der Waals surface area contributed by atoms with Crippen molar-refractivity contribution in [1.82, 2.24) is 20.1 Å². The Hall–Kier alpha value is -3.25. The second-order valence-electron chi connectivity index (χ2n) is 6.16. The first-order chi connectivity index (χ1) is 12.8. The van der Waals surface area contributed by atoms with Crippen molar-refractivity contribution < 1.29 is 4.52 Å². The van der Waals surface area contributed by atoms with Gasteiger partial charge in [0.2, 0.25) is 5.89 Å². The predicted octanol–water partition coefficient (Wildman–Crippen LogP) is 3.29. The summed E-state index contributed by atoms with van der Waals surface area (Å²) >= 11 is 0. The summed E-state index contributed by atoms with van der Waals surface area (Å²) in [5, 5.41) is 4.05. The zero-order valence-electron chi connectivity index (χ0n) is 14.2. The van der Waals surface area contributed by atoms with Gasteiger partial charge in [-0.05, 0) is 16.7 Å². The van der Waals surface area contributed by atoms with Crippen LogP contribution in [0.4, 0.5) is 0 Å². The van der Waals surface area contributed by atoms with Crippen LogP contribution < -0.4 is 5.73 Å². The molecule has 4 aromatic rings. The lowest BCUT2D eigenvalue weighted by Gasteiger charge is -2.03. The van der Waals surface area contributed by atoms with Crippen molar-refractivity contribution in [2.24, 2.45) is 5.73 Å². The average Bonchev–Trinajstić information content (AvgIpc) is 3.35. The van der Waals surface area contributed by atoms with Gasteiger partial charge in [0.15, 0.2) is 5.82 Å². The minimum atomic E-state index is -0.361. The second kappa shape index (κ2) is 7.33. The van der Waals surface area contributed by atoms with Crippen LogP contribution in [0.5, 0.6) is 0 Å². The molecule has 0 saturated carbocycles. The van der Waals surface area contributed by atoms with E-state index >= 15 is 0 Å². The molecule has 2 heterocycles. The first-order valence-corrected chi connectivity index (χ1v) is 8.48. The number of nitrogens with one attached hydrogen (secondary N) is 1. The topological polar surface area (TPSA) is 93.6 Å². The van der Waals surface area contributed by atoms with E-state index in [1.165, 1.54) is 11.1 Å². The third-order valence-electron chi connectivity index (χ3n) is 4.21. The Balaban J connectivity index is 1.42. The van der Waals surface area contributed by atoms with Gasteiger partial charge in [-0.2, -0.15) is 4.98 Å². The lowest BCUT2D eigenvalue weighted by Crippen LogP contribution is -2.14. The molecule has 2 aromatic carbocycles. The standard InChI is InChI=1S/C20H19N5O/c21-18(11-17-12-22-13-23-17)20-24-19(25-26-20)10-14-6-8-16(9-7-14)15-4-2-1-3-5-15/h1-9,12-13,18H,10-11,21H2,(H,22,23)/t18-/m0/s1. The summed E-state index contributed by atoms with van der Waals surface area (Å²) < 4.78 is 5.32. The van der Waals surface area contributed by atoms with E-state index in [-0.39, 0.29) is 6.04 Å². The molecule has 0 bridgehead atoms. The number of aromatic nitrogens is 4. The molecule has 6 nitrogen and oxygen atoms in total. The van der Waals surface area contributed by atoms with Crippen molar-refractivity contribution in [3.05, 3.63) is 90.1 Å². The fourth-order valence-corrected chi connectivity index (χ4v) is 2.83. The third kappa shape index (κ3) is 3.70. The Morgan fingerprint density at radius 1 is 1.00 bits per heavy atom. The molecule has 0 spiro atoms. The van der Waals surface area contributed by atoms with Crippen LogP contribution >= 0.6 is 0 Å². The summed E-state index contributed by atoms with van der Waals surface area (Å²) in [5.41, 5.74) is 10.5. The largest absolute Gasteiger partial charge is 0.351 e. The summed E-state index contributed by atoms with van der Waals surface area (Å²) in [6.45, 7) is 0. The number of aromatic amines is 1. The summed E-state index contributed by atoms with van der Waals surface area (Å²) in [7, 11) is 0. The monoisotopic (exact) mass is 345 g/mol. The van der Waals surface area contributed by atoms with Gasteiger partial charge in [-0.25, -0.2) is 4.98 Å². The van der Waals surface area contributed by atoms with Crippen LogP contribution in [0.2, 0.25) is 0 Å². The lowest BCUT2D eigenvalue weighted by atomic mass is 10.0. The molecule has 26 heavy (non-hydrogen) atoms. The van der Waals surface area contributed by atoms with Crippen molar-refractivity contribution >= 4 is 0 Å². The number of hydrogen-bond donors (Lipinski definition) is 2. The van der Waals surface area contributed by atoms with Crippen LogP contribution in [0.25, 0.3) is 11.1 Å². The van der Waals surface area contributed by atoms with Crippen molar-refractivity contribution in [1.29, 1.82) is 0 Å². The molecular weight excluding hydrogens is 326 g/mol. The molecule has 0 aliphatic rings. The minimum absolute atomic E-state index is 0.361. The highest BCUT2D eigenvalue weighted by Gasteiger charge is 2.16. The molecule has 6 heteroatoms. The van der Waals surface area contributed by atoms with Crippen molar-refractivity contribution in [2.45, 2.75) is 18.9 Å². The van der Waals surface area contributed by atoms with Gasteiger partial charge in [0.1, 0.15) is 0 Å². The molecule has 4 rings (SSSR count). The zero-order chi connectivity index (χ0) is 17.8. The van der Waals surface area contributed by atoms with Gasteiger partial charge in [-0.1, -0.05) is 59.8 Å². The molecule has 0 fully saturated rings. The molecule has 130 valence electrons. The minimum Gasteiger partial charge on any atom is -0.351 e. The molecular formula is C20H19N5O. The quantitative estimate of drug-likeness (QED) is 0.559. The Bertz CT molecular complexity index is 946. The molecule has 0 unspecified atom stereocenters. The number of hydrogen-bond acceptors (Lipinski definition) is 5. The molecule has 0 aliphatic carbocycles. The molecule has 0 amide bonds. The van der Waals surface area contributed by atoms with E-state index in [2.05, 4.69) is 56.5 Å². The van der Waals surface area contributed by atoms with Crippen LogP contribution in [-0.4, -0.2) is 20.1 Å². The highest BCUT2D eigenvalue weighted by atomic mass is 16.5. The van der Waals surface area contributed by atoms with Crippen molar-refractivity contribution in [3.8, 4) is 11.1 Å².